The second kappa shape index (κ2) is 7.93. The van der Waals surface area contributed by atoms with Crippen molar-refractivity contribution < 1.29 is 19.4 Å². The summed E-state index contributed by atoms with van der Waals surface area (Å²) in [6, 6.07) is 6.49. The lowest BCUT2D eigenvalue weighted by Gasteiger charge is -2.17. The van der Waals surface area contributed by atoms with E-state index < -0.39 is 12.6 Å². The zero-order chi connectivity index (χ0) is 15.9. The smallest absolute Gasteiger partial charge is 0.341 e. The van der Waals surface area contributed by atoms with Gasteiger partial charge in [0.15, 0.2) is 6.61 Å². The maximum atomic E-state index is 12.0. The van der Waals surface area contributed by atoms with Gasteiger partial charge >= 0.3 is 5.97 Å². The molecule has 0 saturated heterocycles. The van der Waals surface area contributed by atoms with Crippen LogP contribution >= 0.6 is 11.8 Å². The molecule has 1 aromatic carbocycles. The van der Waals surface area contributed by atoms with Crippen molar-refractivity contribution in [1.29, 1.82) is 0 Å². The third-order valence-corrected chi connectivity index (χ3v) is 3.66. The fourth-order valence-electron chi connectivity index (χ4n) is 1.50. The normalized spacial score (nSPS) is 11.0. The third kappa shape index (κ3) is 7.60. The predicted octanol–water partition coefficient (Wildman–Crippen LogP) is 2.41. The number of carbonyl (C=O) groups excluding carboxylic acids is 1. The van der Waals surface area contributed by atoms with Crippen molar-refractivity contribution in [2.24, 2.45) is 0 Å². The lowest BCUT2D eigenvalue weighted by atomic mass is 10.2. The fraction of sp³-hybridized carbons (Fsp3) is 0.467. The first-order chi connectivity index (χ1) is 9.78. The number of hydrogen-bond acceptors (Lipinski definition) is 4. The molecule has 0 radical (unpaired) electrons. The highest BCUT2D eigenvalue weighted by molar-refractivity contribution is 8.00. The number of carboxylic acid groups (broad SMARTS) is 1. The van der Waals surface area contributed by atoms with Gasteiger partial charge in [-0.3, -0.25) is 4.79 Å². The van der Waals surface area contributed by atoms with Crippen LogP contribution < -0.4 is 10.1 Å². The molecule has 0 unspecified atom stereocenters. The van der Waals surface area contributed by atoms with Crippen molar-refractivity contribution >= 4 is 23.6 Å². The molecule has 21 heavy (non-hydrogen) atoms. The van der Waals surface area contributed by atoms with E-state index >= 15 is 0 Å². The molecule has 116 valence electrons. The summed E-state index contributed by atoms with van der Waals surface area (Å²) in [7, 11) is 0. The lowest BCUT2D eigenvalue weighted by Crippen LogP contribution is -2.26. The molecule has 0 aromatic heterocycles. The van der Waals surface area contributed by atoms with E-state index in [1.165, 1.54) is 6.07 Å². The van der Waals surface area contributed by atoms with Crippen LogP contribution in [0.15, 0.2) is 24.3 Å². The summed E-state index contributed by atoms with van der Waals surface area (Å²) in [6.45, 7) is 6.54. The van der Waals surface area contributed by atoms with Crippen molar-refractivity contribution in [3.63, 3.8) is 0 Å². The molecular formula is C15H21NO4S. The maximum Gasteiger partial charge on any atom is 0.341 e. The van der Waals surface area contributed by atoms with Gasteiger partial charge in [-0.1, -0.05) is 26.8 Å². The van der Waals surface area contributed by atoms with Crippen LogP contribution in [0.3, 0.4) is 0 Å². The van der Waals surface area contributed by atoms with Gasteiger partial charge in [-0.25, -0.2) is 4.79 Å². The quantitative estimate of drug-likeness (QED) is 0.756. The zero-order valence-electron chi connectivity index (χ0n) is 12.5. The summed E-state index contributed by atoms with van der Waals surface area (Å²) in [4.78, 5) is 22.4. The van der Waals surface area contributed by atoms with Gasteiger partial charge in [0.1, 0.15) is 5.75 Å². The van der Waals surface area contributed by atoms with Gasteiger partial charge in [-0.05, 0) is 18.2 Å². The van der Waals surface area contributed by atoms with E-state index in [9.17, 15) is 9.59 Å². The molecule has 0 fully saturated rings. The molecule has 0 heterocycles. The van der Waals surface area contributed by atoms with Crippen LogP contribution in [0.4, 0.5) is 0 Å². The highest BCUT2D eigenvalue weighted by Crippen LogP contribution is 2.22. The van der Waals surface area contributed by atoms with Crippen LogP contribution in [0.25, 0.3) is 0 Å². The van der Waals surface area contributed by atoms with E-state index in [-0.39, 0.29) is 10.7 Å². The van der Waals surface area contributed by atoms with Crippen molar-refractivity contribution in [2.45, 2.75) is 25.5 Å². The molecule has 0 saturated carbocycles. The standard InChI is InChI=1S/C15H21NO4S/c1-15(2,3)21-8-7-16-14(19)11-5-4-6-12(9-11)20-10-13(17)18/h4-6,9H,7-8,10H2,1-3H3,(H,16,19)(H,17,18). The molecule has 1 aromatic rings. The number of rotatable bonds is 7. The van der Waals surface area contributed by atoms with Crippen molar-refractivity contribution in [3.05, 3.63) is 29.8 Å². The molecule has 0 aliphatic carbocycles. The number of carbonyl (C=O) groups is 2. The number of carboxylic acids is 1. The minimum atomic E-state index is -1.05. The Balaban J connectivity index is 2.46. The van der Waals surface area contributed by atoms with E-state index in [2.05, 4.69) is 26.1 Å². The van der Waals surface area contributed by atoms with E-state index in [4.69, 9.17) is 9.84 Å². The van der Waals surface area contributed by atoms with Gasteiger partial charge in [-0.2, -0.15) is 11.8 Å². The number of benzene rings is 1. The molecule has 0 aliphatic heterocycles. The highest BCUT2D eigenvalue weighted by Gasteiger charge is 2.11. The summed E-state index contributed by atoms with van der Waals surface area (Å²) in [5.41, 5.74) is 0.457. The molecule has 5 nitrogen and oxygen atoms in total. The minimum absolute atomic E-state index is 0.176. The van der Waals surface area contributed by atoms with E-state index in [1.54, 1.807) is 30.0 Å². The van der Waals surface area contributed by atoms with E-state index in [1.807, 2.05) is 0 Å². The Bertz CT molecular complexity index is 497. The number of aliphatic carboxylic acids is 1. The van der Waals surface area contributed by atoms with Crippen LogP contribution in [0.1, 0.15) is 31.1 Å². The SMILES string of the molecule is CC(C)(C)SCCNC(=O)c1cccc(OCC(=O)O)c1. The zero-order valence-corrected chi connectivity index (χ0v) is 13.3. The van der Waals surface area contributed by atoms with Gasteiger partial charge in [0, 0.05) is 22.6 Å². The molecular weight excluding hydrogens is 290 g/mol. The van der Waals surface area contributed by atoms with E-state index in [0.717, 1.165) is 5.75 Å². The number of thioether (sulfide) groups is 1. The number of ether oxygens (including phenoxy) is 1. The summed E-state index contributed by atoms with van der Waals surface area (Å²) in [5.74, 6) is -0.0341. The molecule has 6 heteroatoms. The predicted molar refractivity (Wildman–Crippen MR) is 84.1 cm³/mol. The Labute approximate surface area is 129 Å². The molecule has 2 N–H and O–H groups in total. The average molecular weight is 311 g/mol. The Hall–Kier alpha value is -1.69. The molecule has 0 spiro atoms. The second-order valence-electron chi connectivity index (χ2n) is 5.43. The third-order valence-electron chi connectivity index (χ3n) is 2.38. The second-order valence-corrected chi connectivity index (χ2v) is 7.35. The summed E-state index contributed by atoms with van der Waals surface area (Å²) in [6.07, 6.45) is 0. The first-order valence-electron chi connectivity index (χ1n) is 6.65. The Morgan fingerprint density at radius 3 is 2.67 bits per heavy atom. The van der Waals surface area contributed by atoms with Gasteiger partial charge in [0.25, 0.3) is 5.91 Å². The largest absolute Gasteiger partial charge is 0.482 e. The molecule has 1 amide bonds. The summed E-state index contributed by atoms with van der Waals surface area (Å²) >= 11 is 1.78. The molecule has 0 atom stereocenters. The molecule has 0 bridgehead atoms. The Kier molecular flexibility index (Phi) is 6.55. The van der Waals surface area contributed by atoms with Gasteiger partial charge < -0.3 is 15.2 Å². The summed E-state index contributed by atoms with van der Waals surface area (Å²) < 4.78 is 5.22. The molecule has 1 rings (SSSR count). The van der Waals surface area contributed by atoms with Crippen LogP contribution in [0.5, 0.6) is 5.75 Å². The van der Waals surface area contributed by atoms with Crippen LogP contribution in [-0.4, -0.2) is 40.6 Å². The van der Waals surface area contributed by atoms with Gasteiger partial charge in [-0.15, -0.1) is 0 Å². The topological polar surface area (TPSA) is 75.6 Å². The van der Waals surface area contributed by atoms with Gasteiger partial charge in [0.2, 0.25) is 0 Å². The Morgan fingerprint density at radius 1 is 1.33 bits per heavy atom. The molecule has 0 aliphatic rings. The minimum Gasteiger partial charge on any atom is -0.482 e. The fourth-order valence-corrected chi connectivity index (χ4v) is 2.31. The average Bonchev–Trinajstić information content (AvgIpc) is 2.40. The van der Waals surface area contributed by atoms with Crippen molar-refractivity contribution in [2.75, 3.05) is 18.9 Å². The Morgan fingerprint density at radius 2 is 2.05 bits per heavy atom. The lowest BCUT2D eigenvalue weighted by molar-refractivity contribution is -0.139. The summed E-state index contributed by atoms with van der Waals surface area (Å²) in [5, 5.41) is 11.4. The van der Waals surface area contributed by atoms with Crippen LogP contribution in [0, 0.1) is 0 Å². The van der Waals surface area contributed by atoms with Gasteiger partial charge in [0.05, 0.1) is 0 Å². The highest BCUT2D eigenvalue weighted by atomic mass is 32.2. The van der Waals surface area contributed by atoms with Crippen molar-refractivity contribution in [3.8, 4) is 5.75 Å². The van der Waals surface area contributed by atoms with Crippen LogP contribution in [0.2, 0.25) is 0 Å². The first kappa shape index (κ1) is 17.4. The maximum absolute atomic E-state index is 12.0. The number of nitrogens with one attached hydrogen (secondary N) is 1. The van der Waals surface area contributed by atoms with Crippen LogP contribution in [-0.2, 0) is 4.79 Å². The van der Waals surface area contributed by atoms with Crippen molar-refractivity contribution in [1.82, 2.24) is 5.32 Å². The van der Waals surface area contributed by atoms with E-state index in [0.29, 0.717) is 17.9 Å². The number of amides is 1. The monoisotopic (exact) mass is 311 g/mol. The number of hydrogen-bond donors (Lipinski definition) is 2. The first-order valence-corrected chi connectivity index (χ1v) is 7.63.